The summed E-state index contributed by atoms with van der Waals surface area (Å²) in [5.41, 5.74) is 0. The van der Waals surface area contributed by atoms with E-state index in [4.69, 9.17) is 10.2 Å². The largest absolute Gasteiger partial charge is 0.621 e. The zero-order chi connectivity index (χ0) is 14.8. The second-order valence-corrected chi connectivity index (χ2v) is 2.67. The standard InChI is InChI=1S/C7H2O12/c8-1(9)3(12)16-7(17-4(13)2(10)11)18-5(14)6(15)19-7/h(H,8,9)(H,10,11). The van der Waals surface area contributed by atoms with Gasteiger partial charge in [-0.2, -0.15) is 0 Å². The van der Waals surface area contributed by atoms with E-state index < -0.39 is 42.0 Å². The number of carboxylic acid groups (broad SMARTS) is 2. The van der Waals surface area contributed by atoms with E-state index in [0.29, 0.717) is 0 Å². The summed E-state index contributed by atoms with van der Waals surface area (Å²) in [6, 6.07) is 0. The molecule has 12 nitrogen and oxygen atoms in total. The fourth-order valence-electron chi connectivity index (χ4n) is 0.750. The first-order valence-electron chi connectivity index (χ1n) is 4.05. The third-order valence-corrected chi connectivity index (χ3v) is 1.39. The third kappa shape index (κ3) is 2.93. The van der Waals surface area contributed by atoms with Gasteiger partial charge >= 0.3 is 42.0 Å². The van der Waals surface area contributed by atoms with Gasteiger partial charge in [-0.05, 0) is 0 Å². The van der Waals surface area contributed by atoms with Crippen LogP contribution in [-0.4, -0.2) is 52.2 Å². The maximum absolute atomic E-state index is 10.7. The number of carboxylic acids is 2. The molecule has 102 valence electrons. The molecule has 1 aliphatic rings. The van der Waals surface area contributed by atoms with E-state index in [1.54, 1.807) is 0 Å². The lowest BCUT2D eigenvalue weighted by Gasteiger charge is -2.20. The molecule has 0 aromatic carbocycles. The molecule has 2 N–H and O–H groups in total. The first-order chi connectivity index (χ1) is 8.67. The first-order valence-corrected chi connectivity index (χ1v) is 4.05. The summed E-state index contributed by atoms with van der Waals surface area (Å²) in [5, 5.41) is 16.4. The zero-order valence-electron chi connectivity index (χ0n) is 8.48. The van der Waals surface area contributed by atoms with E-state index in [-0.39, 0.29) is 0 Å². The lowest BCUT2D eigenvalue weighted by molar-refractivity contribution is -0.410. The summed E-state index contributed by atoms with van der Waals surface area (Å²) in [7, 11) is 0. The highest BCUT2D eigenvalue weighted by molar-refractivity contribution is 6.32. The molecule has 1 heterocycles. The van der Waals surface area contributed by atoms with Crippen molar-refractivity contribution < 1.29 is 57.9 Å². The van der Waals surface area contributed by atoms with Crippen LogP contribution < -0.4 is 0 Å². The van der Waals surface area contributed by atoms with Gasteiger partial charge in [0.2, 0.25) is 0 Å². The van der Waals surface area contributed by atoms with Crippen LogP contribution in [0.3, 0.4) is 0 Å². The van der Waals surface area contributed by atoms with Crippen molar-refractivity contribution in [1.82, 2.24) is 0 Å². The molecule has 0 saturated carbocycles. The molecule has 0 amide bonds. The maximum Gasteiger partial charge on any atom is 0.621 e. The Kier molecular flexibility index (Phi) is 3.36. The smallest absolute Gasteiger partial charge is 0.473 e. The molecule has 0 aromatic heterocycles. The Hall–Kier alpha value is -3.18. The summed E-state index contributed by atoms with van der Waals surface area (Å²) in [6.07, 6.45) is -3.51. The molecule has 0 bridgehead atoms. The monoisotopic (exact) mass is 278 g/mol. The highest BCUT2D eigenvalue weighted by Gasteiger charge is 2.59. The predicted octanol–water partition coefficient (Wildman–Crippen LogP) is -3.05. The van der Waals surface area contributed by atoms with E-state index in [0.717, 1.165) is 0 Å². The lowest BCUT2D eigenvalue weighted by Crippen LogP contribution is -2.44. The Bertz CT molecular complexity index is 454. The van der Waals surface area contributed by atoms with Crippen molar-refractivity contribution in [3.63, 3.8) is 0 Å². The van der Waals surface area contributed by atoms with Crippen LogP contribution in [0, 0.1) is 0 Å². The van der Waals surface area contributed by atoms with Crippen molar-refractivity contribution in [3.8, 4) is 0 Å². The van der Waals surface area contributed by atoms with Gasteiger partial charge in [0.25, 0.3) is 0 Å². The lowest BCUT2D eigenvalue weighted by atomic mass is 10.7. The summed E-state index contributed by atoms with van der Waals surface area (Å²) in [6.45, 7) is 0. The van der Waals surface area contributed by atoms with Crippen LogP contribution in [0.25, 0.3) is 0 Å². The molecule has 19 heavy (non-hydrogen) atoms. The molecule has 0 spiro atoms. The molecule has 0 atom stereocenters. The molecular weight excluding hydrogens is 276 g/mol. The van der Waals surface area contributed by atoms with Crippen LogP contribution in [0.4, 0.5) is 0 Å². The summed E-state index contributed by atoms with van der Waals surface area (Å²) in [5.74, 6) is -12.3. The quantitative estimate of drug-likeness (QED) is 0.296. The molecule has 0 unspecified atom stereocenters. The fraction of sp³-hybridized carbons (Fsp3) is 0.143. The normalized spacial score (nSPS) is 16.0. The van der Waals surface area contributed by atoms with Gasteiger partial charge in [0.15, 0.2) is 0 Å². The number of rotatable bonds is 2. The van der Waals surface area contributed by atoms with Gasteiger partial charge < -0.3 is 29.2 Å². The minimum absolute atomic E-state index is 1.80. The Balaban J connectivity index is 2.98. The highest BCUT2D eigenvalue weighted by Crippen LogP contribution is 2.25. The number of aliphatic carboxylic acids is 2. The Morgan fingerprint density at radius 3 is 1.42 bits per heavy atom. The van der Waals surface area contributed by atoms with Gasteiger partial charge in [-0.3, -0.25) is 0 Å². The van der Waals surface area contributed by atoms with Gasteiger partial charge in [-0.15, -0.1) is 0 Å². The molecule has 12 heteroatoms. The number of hydrogen-bond donors (Lipinski definition) is 2. The molecule has 1 rings (SSSR count). The van der Waals surface area contributed by atoms with Crippen molar-refractivity contribution in [1.29, 1.82) is 0 Å². The average molecular weight is 278 g/mol. The van der Waals surface area contributed by atoms with Gasteiger partial charge in [0.1, 0.15) is 0 Å². The second-order valence-electron chi connectivity index (χ2n) is 2.67. The van der Waals surface area contributed by atoms with Crippen molar-refractivity contribution in [3.05, 3.63) is 0 Å². The molecule has 0 aromatic rings. The van der Waals surface area contributed by atoms with E-state index in [2.05, 4.69) is 18.9 Å². The Labute approximate surface area is 101 Å². The van der Waals surface area contributed by atoms with Gasteiger partial charge in [-0.25, -0.2) is 28.8 Å². The minimum atomic E-state index is -3.51. The van der Waals surface area contributed by atoms with Gasteiger partial charge in [0.05, 0.1) is 0 Å². The molecule has 0 aliphatic carbocycles. The maximum atomic E-state index is 10.7. The first kappa shape index (κ1) is 13.9. The summed E-state index contributed by atoms with van der Waals surface area (Å²) in [4.78, 5) is 63.3. The van der Waals surface area contributed by atoms with Crippen LogP contribution in [-0.2, 0) is 47.7 Å². The Morgan fingerprint density at radius 1 is 0.842 bits per heavy atom. The van der Waals surface area contributed by atoms with Crippen molar-refractivity contribution in [2.45, 2.75) is 6.16 Å². The molecule has 0 radical (unpaired) electrons. The summed E-state index contributed by atoms with van der Waals surface area (Å²) < 4.78 is 15.3. The fourth-order valence-corrected chi connectivity index (χ4v) is 0.750. The number of ether oxygens (including phenoxy) is 4. The number of cyclic esters (lactones) is 2. The average Bonchev–Trinajstić information content (AvgIpc) is 2.53. The van der Waals surface area contributed by atoms with Crippen molar-refractivity contribution in [2.24, 2.45) is 0 Å². The third-order valence-electron chi connectivity index (χ3n) is 1.39. The van der Waals surface area contributed by atoms with Crippen LogP contribution in [0.2, 0.25) is 0 Å². The topological polar surface area (TPSA) is 180 Å². The van der Waals surface area contributed by atoms with E-state index >= 15 is 0 Å². The molecule has 1 aliphatic heterocycles. The number of esters is 4. The second kappa shape index (κ2) is 4.59. The molecular formula is C7H2O12. The van der Waals surface area contributed by atoms with Crippen LogP contribution in [0.15, 0.2) is 0 Å². The van der Waals surface area contributed by atoms with Crippen LogP contribution in [0.5, 0.6) is 0 Å². The van der Waals surface area contributed by atoms with Gasteiger partial charge in [-0.1, -0.05) is 0 Å². The van der Waals surface area contributed by atoms with E-state index in [1.807, 2.05) is 0 Å². The van der Waals surface area contributed by atoms with Crippen LogP contribution >= 0.6 is 0 Å². The Morgan fingerprint density at radius 2 is 1.16 bits per heavy atom. The van der Waals surface area contributed by atoms with Crippen molar-refractivity contribution >= 4 is 35.8 Å². The van der Waals surface area contributed by atoms with Gasteiger partial charge in [0, 0.05) is 0 Å². The van der Waals surface area contributed by atoms with E-state index in [1.165, 1.54) is 0 Å². The van der Waals surface area contributed by atoms with Crippen LogP contribution in [0.1, 0.15) is 0 Å². The molecule has 1 saturated heterocycles. The number of hydrogen-bond acceptors (Lipinski definition) is 10. The highest BCUT2D eigenvalue weighted by atomic mass is 17.1. The van der Waals surface area contributed by atoms with E-state index in [9.17, 15) is 28.8 Å². The number of carbonyl (C=O) groups is 6. The number of carbonyl (C=O) groups excluding carboxylic acids is 4. The molecule has 1 fully saturated rings. The minimum Gasteiger partial charge on any atom is -0.473 e. The zero-order valence-corrected chi connectivity index (χ0v) is 8.48. The predicted molar refractivity (Wildman–Crippen MR) is 42.4 cm³/mol. The SMILES string of the molecule is O=C(O)C(=O)OC1(OC(=O)C(=O)O)OC(=O)C(=O)O1. The van der Waals surface area contributed by atoms with Crippen molar-refractivity contribution in [2.75, 3.05) is 0 Å². The summed E-state index contributed by atoms with van der Waals surface area (Å²) >= 11 is 0.